The van der Waals surface area contributed by atoms with Crippen LogP contribution in [-0.4, -0.2) is 20.9 Å². The Labute approximate surface area is 76.2 Å². The molecule has 13 heavy (non-hydrogen) atoms. The zero-order chi connectivity index (χ0) is 9.59. The van der Waals surface area contributed by atoms with Crippen LogP contribution in [0.15, 0.2) is 6.20 Å². The van der Waals surface area contributed by atoms with Gasteiger partial charge in [0, 0.05) is 18.7 Å². The van der Waals surface area contributed by atoms with Crippen LogP contribution < -0.4 is 0 Å². The second-order valence-electron chi connectivity index (χ2n) is 3.60. The molecule has 2 rings (SSSR count). The van der Waals surface area contributed by atoms with Crippen molar-refractivity contribution in [2.75, 3.05) is 0 Å². The Balaban J connectivity index is 2.20. The molecule has 0 unspecified atom stereocenters. The first-order valence-electron chi connectivity index (χ1n) is 4.32. The molecule has 0 bridgehead atoms. The summed E-state index contributed by atoms with van der Waals surface area (Å²) in [6, 6.07) is 0. The van der Waals surface area contributed by atoms with Crippen LogP contribution in [0.4, 0.5) is 0 Å². The van der Waals surface area contributed by atoms with E-state index >= 15 is 0 Å². The number of carboxylic acid groups (broad SMARTS) is 1. The van der Waals surface area contributed by atoms with Crippen LogP contribution in [-0.2, 0) is 11.8 Å². The molecule has 1 aromatic rings. The smallest absolute Gasteiger partial charge is 0.307 e. The lowest BCUT2D eigenvalue weighted by atomic mass is 10.1. The fourth-order valence-electron chi connectivity index (χ4n) is 1.69. The SMILES string of the molecule is Cc1c([C@@H]2C[C@H]2C(=O)O)cnn1C. The van der Waals surface area contributed by atoms with Gasteiger partial charge in [0.1, 0.15) is 0 Å². The minimum absolute atomic E-state index is 0.178. The molecule has 1 heterocycles. The van der Waals surface area contributed by atoms with E-state index in [0.717, 1.165) is 17.7 Å². The Morgan fingerprint density at radius 1 is 1.77 bits per heavy atom. The van der Waals surface area contributed by atoms with E-state index in [2.05, 4.69) is 5.10 Å². The Kier molecular flexibility index (Phi) is 1.65. The number of aromatic nitrogens is 2. The topological polar surface area (TPSA) is 55.1 Å². The van der Waals surface area contributed by atoms with Crippen molar-refractivity contribution < 1.29 is 9.90 Å². The van der Waals surface area contributed by atoms with E-state index in [-0.39, 0.29) is 11.8 Å². The van der Waals surface area contributed by atoms with Crippen molar-refractivity contribution in [2.24, 2.45) is 13.0 Å². The Morgan fingerprint density at radius 3 is 2.85 bits per heavy atom. The molecule has 0 saturated heterocycles. The number of aliphatic carboxylic acids is 1. The highest BCUT2D eigenvalue weighted by Gasteiger charge is 2.45. The molecule has 4 heteroatoms. The van der Waals surface area contributed by atoms with Crippen LogP contribution in [0.25, 0.3) is 0 Å². The van der Waals surface area contributed by atoms with Gasteiger partial charge in [-0.15, -0.1) is 0 Å². The number of carbonyl (C=O) groups is 1. The summed E-state index contributed by atoms with van der Waals surface area (Å²) >= 11 is 0. The highest BCUT2D eigenvalue weighted by atomic mass is 16.4. The first kappa shape index (κ1) is 8.29. The monoisotopic (exact) mass is 180 g/mol. The number of hydrogen-bond donors (Lipinski definition) is 1. The van der Waals surface area contributed by atoms with E-state index in [4.69, 9.17) is 5.11 Å². The summed E-state index contributed by atoms with van der Waals surface area (Å²) in [5.74, 6) is -0.664. The van der Waals surface area contributed by atoms with Gasteiger partial charge in [-0.05, 0) is 18.9 Å². The molecule has 0 amide bonds. The summed E-state index contributed by atoms with van der Waals surface area (Å²) in [4.78, 5) is 10.6. The van der Waals surface area contributed by atoms with Crippen molar-refractivity contribution in [3.05, 3.63) is 17.5 Å². The molecule has 70 valence electrons. The molecule has 0 aromatic carbocycles. The Hall–Kier alpha value is -1.32. The lowest BCUT2D eigenvalue weighted by Gasteiger charge is -1.97. The zero-order valence-electron chi connectivity index (χ0n) is 7.69. The van der Waals surface area contributed by atoms with Crippen molar-refractivity contribution in [1.29, 1.82) is 0 Å². The minimum Gasteiger partial charge on any atom is -0.481 e. The summed E-state index contributed by atoms with van der Waals surface area (Å²) in [7, 11) is 1.87. The van der Waals surface area contributed by atoms with Gasteiger partial charge in [0.2, 0.25) is 0 Å². The van der Waals surface area contributed by atoms with Gasteiger partial charge in [-0.25, -0.2) is 0 Å². The fourth-order valence-corrected chi connectivity index (χ4v) is 1.69. The predicted octanol–water partition coefficient (Wildman–Crippen LogP) is 0.917. The summed E-state index contributed by atoms with van der Waals surface area (Å²) in [5, 5.41) is 12.9. The molecule has 1 N–H and O–H groups in total. The predicted molar refractivity (Wildman–Crippen MR) is 46.4 cm³/mol. The normalized spacial score (nSPS) is 26.0. The number of carboxylic acids is 1. The van der Waals surface area contributed by atoms with Crippen LogP contribution in [0.2, 0.25) is 0 Å². The molecule has 1 fully saturated rings. The van der Waals surface area contributed by atoms with Crippen molar-refractivity contribution >= 4 is 5.97 Å². The molecule has 1 aliphatic rings. The third-order valence-electron chi connectivity index (χ3n) is 2.78. The standard InChI is InChI=1S/C9H12N2O2/c1-5-8(4-10-11(5)2)6-3-7(6)9(12)13/h4,6-7H,3H2,1-2H3,(H,12,13)/t6-,7-/m1/s1. The molecular formula is C9H12N2O2. The van der Waals surface area contributed by atoms with Gasteiger partial charge < -0.3 is 5.11 Å². The first-order valence-corrected chi connectivity index (χ1v) is 4.32. The van der Waals surface area contributed by atoms with E-state index in [1.165, 1.54) is 0 Å². The van der Waals surface area contributed by atoms with E-state index in [1.807, 2.05) is 14.0 Å². The maximum absolute atomic E-state index is 10.6. The molecule has 1 aliphatic carbocycles. The van der Waals surface area contributed by atoms with Gasteiger partial charge in [-0.3, -0.25) is 9.48 Å². The Bertz CT molecular complexity index is 356. The summed E-state index contributed by atoms with van der Waals surface area (Å²) in [5.41, 5.74) is 2.17. The maximum atomic E-state index is 10.6. The van der Waals surface area contributed by atoms with Crippen LogP contribution in [0.1, 0.15) is 23.6 Å². The lowest BCUT2D eigenvalue weighted by Crippen LogP contribution is -1.99. The van der Waals surface area contributed by atoms with E-state index in [0.29, 0.717) is 0 Å². The molecule has 4 nitrogen and oxygen atoms in total. The van der Waals surface area contributed by atoms with Crippen molar-refractivity contribution in [2.45, 2.75) is 19.3 Å². The van der Waals surface area contributed by atoms with Crippen LogP contribution >= 0.6 is 0 Å². The largest absolute Gasteiger partial charge is 0.481 e. The average Bonchev–Trinajstić information content (AvgIpc) is 2.78. The third-order valence-corrected chi connectivity index (χ3v) is 2.78. The minimum atomic E-state index is -0.687. The second kappa shape index (κ2) is 2.58. The van der Waals surface area contributed by atoms with Gasteiger partial charge in [0.05, 0.1) is 12.1 Å². The molecule has 0 radical (unpaired) electrons. The van der Waals surface area contributed by atoms with Gasteiger partial charge in [0.25, 0.3) is 0 Å². The summed E-state index contributed by atoms with van der Waals surface area (Å²) in [6.45, 7) is 1.97. The van der Waals surface area contributed by atoms with Gasteiger partial charge >= 0.3 is 5.97 Å². The lowest BCUT2D eigenvalue weighted by molar-refractivity contribution is -0.138. The second-order valence-corrected chi connectivity index (χ2v) is 3.60. The first-order chi connectivity index (χ1) is 6.11. The fraction of sp³-hybridized carbons (Fsp3) is 0.556. The number of rotatable bonds is 2. The van der Waals surface area contributed by atoms with Crippen molar-refractivity contribution in [3.8, 4) is 0 Å². The highest BCUT2D eigenvalue weighted by molar-refractivity contribution is 5.75. The highest BCUT2D eigenvalue weighted by Crippen LogP contribution is 2.48. The third kappa shape index (κ3) is 1.22. The molecule has 0 spiro atoms. The zero-order valence-corrected chi connectivity index (χ0v) is 7.69. The van der Waals surface area contributed by atoms with Gasteiger partial charge in [0.15, 0.2) is 0 Å². The Morgan fingerprint density at radius 2 is 2.46 bits per heavy atom. The summed E-state index contributed by atoms with van der Waals surface area (Å²) < 4.78 is 1.78. The molecular weight excluding hydrogens is 168 g/mol. The van der Waals surface area contributed by atoms with Crippen LogP contribution in [0.3, 0.4) is 0 Å². The number of hydrogen-bond acceptors (Lipinski definition) is 2. The van der Waals surface area contributed by atoms with Crippen molar-refractivity contribution in [1.82, 2.24) is 9.78 Å². The van der Waals surface area contributed by atoms with Crippen molar-refractivity contribution in [3.63, 3.8) is 0 Å². The number of nitrogens with zero attached hydrogens (tertiary/aromatic N) is 2. The molecule has 0 aliphatic heterocycles. The maximum Gasteiger partial charge on any atom is 0.307 e. The quantitative estimate of drug-likeness (QED) is 0.736. The average molecular weight is 180 g/mol. The van der Waals surface area contributed by atoms with E-state index in [1.54, 1.807) is 10.9 Å². The van der Waals surface area contributed by atoms with E-state index < -0.39 is 5.97 Å². The molecule has 1 aromatic heterocycles. The van der Waals surface area contributed by atoms with Gasteiger partial charge in [-0.2, -0.15) is 5.10 Å². The van der Waals surface area contributed by atoms with Gasteiger partial charge in [-0.1, -0.05) is 0 Å². The molecule has 1 saturated carbocycles. The molecule has 2 atom stereocenters. The van der Waals surface area contributed by atoms with Crippen LogP contribution in [0.5, 0.6) is 0 Å². The number of aryl methyl sites for hydroxylation is 1. The van der Waals surface area contributed by atoms with E-state index in [9.17, 15) is 4.79 Å². The summed E-state index contributed by atoms with van der Waals surface area (Å²) in [6.07, 6.45) is 2.55. The van der Waals surface area contributed by atoms with Crippen LogP contribution in [0, 0.1) is 12.8 Å².